The third kappa shape index (κ3) is 2.51. The van der Waals surface area contributed by atoms with Crippen LogP contribution >= 0.6 is 0 Å². The summed E-state index contributed by atoms with van der Waals surface area (Å²) in [5, 5.41) is 19.1. The molecule has 0 spiro atoms. The molecule has 0 bridgehead atoms. The summed E-state index contributed by atoms with van der Waals surface area (Å²) in [5.74, 6) is -2.16. The quantitative estimate of drug-likeness (QED) is 0.582. The summed E-state index contributed by atoms with van der Waals surface area (Å²) in [7, 11) is 0. The molecule has 7 heteroatoms. The molecule has 86 valence electrons. The maximum atomic E-state index is 13.3. The minimum atomic E-state index is -1.37. The number of hydrogen-bond acceptors (Lipinski definition) is 4. The number of nitrogens with two attached hydrogens (primary N) is 1. The molecular weight excluding hydrogens is 219 g/mol. The first-order valence-corrected chi connectivity index (χ1v) is 4.33. The Morgan fingerprint density at radius 2 is 2.25 bits per heavy atom. The number of carboxylic acid groups (broad SMARTS) is 1. The van der Waals surface area contributed by atoms with Gasteiger partial charge in [-0.1, -0.05) is 6.07 Å². The first-order valence-electron chi connectivity index (χ1n) is 4.33. The number of nitro groups is 1. The Morgan fingerprint density at radius 3 is 2.75 bits per heavy atom. The van der Waals surface area contributed by atoms with Gasteiger partial charge in [0.15, 0.2) is 0 Å². The standard InChI is InChI=1S/C9H9FN2O4/c10-6-2-1-3-8(12(15)16)5(6)4-7(11)9(13)14/h1-3,7H,4,11H2,(H,13,14)/t7-/m0/s1. The summed E-state index contributed by atoms with van der Waals surface area (Å²) in [6.07, 6.45) is -0.418. The van der Waals surface area contributed by atoms with Gasteiger partial charge in [-0.2, -0.15) is 0 Å². The number of carbonyl (C=O) groups is 1. The lowest BCUT2D eigenvalue weighted by atomic mass is 10.0. The van der Waals surface area contributed by atoms with Gasteiger partial charge < -0.3 is 10.8 Å². The van der Waals surface area contributed by atoms with E-state index in [0.29, 0.717) is 0 Å². The fraction of sp³-hybridized carbons (Fsp3) is 0.222. The molecule has 1 atom stereocenters. The van der Waals surface area contributed by atoms with Crippen LogP contribution in [-0.4, -0.2) is 22.0 Å². The van der Waals surface area contributed by atoms with Crippen LogP contribution in [0.1, 0.15) is 5.56 Å². The molecule has 0 heterocycles. The van der Waals surface area contributed by atoms with E-state index in [1.165, 1.54) is 6.07 Å². The molecule has 0 radical (unpaired) electrons. The van der Waals surface area contributed by atoms with E-state index in [1.807, 2.05) is 0 Å². The molecule has 0 unspecified atom stereocenters. The van der Waals surface area contributed by atoms with Crippen LogP contribution < -0.4 is 5.73 Å². The zero-order chi connectivity index (χ0) is 12.3. The Balaban J connectivity index is 3.11. The Morgan fingerprint density at radius 1 is 1.62 bits per heavy atom. The lowest BCUT2D eigenvalue weighted by molar-refractivity contribution is -0.385. The maximum Gasteiger partial charge on any atom is 0.320 e. The summed E-state index contributed by atoms with van der Waals surface area (Å²) in [4.78, 5) is 20.3. The lowest BCUT2D eigenvalue weighted by Crippen LogP contribution is -2.32. The van der Waals surface area contributed by atoms with Crippen molar-refractivity contribution < 1.29 is 19.2 Å². The smallest absolute Gasteiger partial charge is 0.320 e. The molecule has 1 rings (SSSR count). The summed E-state index contributed by atoms with van der Waals surface area (Å²) < 4.78 is 13.3. The van der Waals surface area contributed by atoms with Gasteiger partial charge in [-0.3, -0.25) is 14.9 Å². The highest BCUT2D eigenvalue weighted by Gasteiger charge is 2.22. The van der Waals surface area contributed by atoms with Crippen molar-refractivity contribution in [2.75, 3.05) is 0 Å². The van der Waals surface area contributed by atoms with Crippen LogP contribution in [0.15, 0.2) is 18.2 Å². The number of hydrogen-bond donors (Lipinski definition) is 2. The zero-order valence-electron chi connectivity index (χ0n) is 8.09. The fourth-order valence-electron chi connectivity index (χ4n) is 1.23. The zero-order valence-corrected chi connectivity index (χ0v) is 8.09. The molecule has 0 saturated carbocycles. The number of benzene rings is 1. The summed E-state index contributed by atoms with van der Waals surface area (Å²) >= 11 is 0. The second-order valence-corrected chi connectivity index (χ2v) is 3.14. The van der Waals surface area contributed by atoms with Gasteiger partial charge >= 0.3 is 5.97 Å². The van der Waals surface area contributed by atoms with Crippen molar-refractivity contribution in [1.82, 2.24) is 0 Å². The predicted molar refractivity (Wildman–Crippen MR) is 52.4 cm³/mol. The molecule has 1 aromatic rings. The topological polar surface area (TPSA) is 106 Å². The van der Waals surface area contributed by atoms with Crippen molar-refractivity contribution in [3.8, 4) is 0 Å². The summed E-state index contributed by atoms with van der Waals surface area (Å²) in [5.41, 5.74) is 4.45. The second kappa shape index (κ2) is 4.67. The normalized spacial score (nSPS) is 12.1. The Bertz CT molecular complexity index is 436. The molecule has 0 aliphatic carbocycles. The van der Waals surface area contributed by atoms with Crippen LogP contribution in [0.25, 0.3) is 0 Å². The van der Waals surface area contributed by atoms with E-state index in [-0.39, 0.29) is 5.56 Å². The molecule has 16 heavy (non-hydrogen) atoms. The predicted octanol–water partition coefficient (Wildman–Crippen LogP) is 0.688. The summed E-state index contributed by atoms with van der Waals surface area (Å²) in [6, 6.07) is 1.95. The molecule has 0 fully saturated rings. The maximum absolute atomic E-state index is 13.3. The number of nitro benzene ring substituents is 1. The van der Waals surface area contributed by atoms with Crippen LogP contribution in [-0.2, 0) is 11.2 Å². The molecule has 0 aliphatic heterocycles. The van der Waals surface area contributed by atoms with Gasteiger partial charge in [0, 0.05) is 12.5 Å². The van der Waals surface area contributed by atoms with Crippen molar-refractivity contribution in [3.63, 3.8) is 0 Å². The minimum Gasteiger partial charge on any atom is -0.480 e. The van der Waals surface area contributed by atoms with E-state index in [4.69, 9.17) is 10.8 Å². The molecule has 0 amide bonds. The Hall–Kier alpha value is -2.02. The summed E-state index contributed by atoms with van der Waals surface area (Å²) in [6.45, 7) is 0. The third-order valence-electron chi connectivity index (χ3n) is 2.03. The minimum absolute atomic E-state index is 0.289. The largest absolute Gasteiger partial charge is 0.480 e. The first kappa shape index (κ1) is 12.1. The fourth-order valence-corrected chi connectivity index (χ4v) is 1.23. The average Bonchev–Trinajstić information content (AvgIpc) is 2.20. The number of nitrogens with zero attached hydrogens (tertiary/aromatic N) is 1. The molecule has 0 aromatic heterocycles. The van der Waals surface area contributed by atoms with Crippen molar-refractivity contribution >= 4 is 11.7 Å². The van der Waals surface area contributed by atoms with Gasteiger partial charge in [-0.05, 0) is 6.07 Å². The Kier molecular flexibility index (Phi) is 3.51. The van der Waals surface area contributed by atoms with Gasteiger partial charge in [0.2, 0.25) is 0 Å². The van der Waals surface area contributed by atoms with Gasteiger partial charge in [0.05, 0.1) is 10.5 Å². The SMILES string of the molecule is N[C@@H](Cc1c(F)cccc1[N+](=O)[O-])C(=O)O. The lowest BCUT2D eigenvalue weighted by Gasteiger charge is -2.07. The van der Waals surface area contributed by atoms with Crippen molar-refractivity contribution in [2.24, 2.45) is 5.73 Å². The highest BCUT2D eigenvalue weighted by atomic mass is 19.1. The Labute approximate surface area is 89.6 Å². The van der Waals surface area contributed by atoms with E-state index in [9.17, 15) is 19.3 Å². The number of rotatable bonds is 4. The molecular formula is C9H9FN2O4. The third-order valence-corrected chi connectivity index (χ3v) is 2.03. The van der Waals surface area contributed by atoms with E-state index in [2.05, 4.69) is 0 Å². The van der Waals surface area contributed by atoms with Crippen LogP contribution in [0, 0.1) is 15.9 Å². The van der Waals surface area contributed by atoms with Gasteiger partial charge in [0.1, 0.15) is 11.9 Å². The van der Waals surface area contributed by atoms with E-state index >= 15 is 0 Å². The van der Waals surface area contributed by atoms with Crippen LogP contribution in [0.5, 0.6) is 0 Å². The molecule has 0 aliphatic rings. The van der Waals surface area contributed by atoms with Crippen molar-refractivity contribution in [2.45, 2.75) is 12.5 Å². The highest BCUT2D eigenvalue weighted by Crippen LogP contribution is 2.22. The van der Waals surface area contributed by atoms with E-state index < -0.39 is 34.9 Å². The monoisotopic (exact) mass is 228 g/mol. The second-order valence-electron chi connectivity index (χ2n) is 3.14. The van der Waals surface area contributed by atoms with Gasteiger partial charge in [-0.15, -0.1) is 0 Å². The number of aliphatic carboxylic acids is 1. The van der Waals surface area contributed by atoms with E-state index in [1.54, 1.807) is 0 Å². The van der Waals surface area contributed by atoms with E-state index in [0.717, 1.165) is 12.1 Å². The molecule has 1 aromatic carbocycles. The van der Waals surface area contributed by atoms with Gasteiger partial charge in [-0.25, -0.2) is 4.39 Å². The molecule has 3 N–H and O–H groups in total. The van der Waals surface area contributed by atoms with Crippen molar-refractivity contribution in [1.29, 1.82) is 0 Å². The first-order chi connectivity index (χ1) is 7.43. The van der Waals surface area contributed by atoms with Crippen LogP contribution in [0.3, 0.4) is 0 Å². The number of halogens is 1. The molecule has 6 nitrogen and oxygen atoms in total. The highest BCUT2D eigenvalue weighted by molar-refractivity contribution is 5.73. The van der Waals surface area contributed by atoms with Crippen LogP contribution in [0.4, 0.5) is 10.1 Å². The average molecular weight is 228 g/mol. The van der Waals surface area contributed by atoms with Gasteiger partial charge in [0.25, 0.3) is 5.69 Å². The molecule has 0 saturated heterocycles. The number of carboxylic acids is 1. The van der Waals surface area contributed by atoms with Crippen molar-refractivity contribution in [3.05, 3.63) is 39.7 Å². The van der Waals surface area contributed by atoms with Crippen LogP contribution in [0.2, 0.25) is 0 Å².